The SMILES string of the molecule is C=C([CH2-])C.[Cl-].[Cl-].[Ni+3]. The summed E-state index contributed by atoms with van der Waals surface area (Å²) in [5, 5.41) is 0. The molecule has 0 unspecified atom stereocenters. The first-order valence-electron chi connectivity index (χ1n) is 1.21. The molecule has 0 nitrogen and oxygen atoms in total. The van der Waals surface area contributed by atoms with E-state index in [1.54, 1.807) is 0 Å². The van der Waals surface area contributed by atoms with E-state index >= 15 is 0 Å². The van der Waals surface area contributed by atoms with Crippen LogP contribution in [0.2, 0.25) is 0 Å². The van der Waals surface area contributed by atoms with Gasteiger partial charge in [0, 0.05) is 0 Å². The Bertz CT molecular complexity index is 32.7. The third-order valence-corrected chi connectivity index (χ3v) is 0. The molecule has 0 heterocycles. The smallest absolute Gasteiger partial charge is 1.00 e. The van der Waals surface area contributed by atoms with Crippen LogP contribution in [0.3, 0.4) is 0 Å². The van der Waals surface area contributed by atoms with Gasteiger partial charge in [-0.2, -0.15) is 0 Å². The summed E-state index contributed by atoms with van der Waals surface area (Å²) >= 11 is 0. The van der Waals surface area contributed by atoms with Crippen LogP contribution in [0.4, 0.5) is 0 Å². The first-order valence-corrected chi connectivity index (χ1v) is 1.21. The summed E-state index contributed by atoms with van der Waals surface area (Å²) in [5.74, 6) is 0. The number of allylic oxidation sites excluding steroid dienone is 1. The molecule has 0 aliphatic carbocycles. The second-order valence-corrected chi connectivity index (χ2v) is 0.957. The zero-order valence-electron chi connectivity index (χ0n) is 3.99. The van der Waals surface area contributed by atoms with Gasteiger partial charge in [0.15, 0.2) is 0 Å². The minimum atomic E-state index is 0. The van der Waals surface area contributed by atoms with Gasteiger partial charge in [0.2, 0.25) is 0 Å². The van der Waals surface area contributed by atoms with Gasteiger partial charge in [-0.15, -0.1) is 0 Å². The van der Waals surface area contributed by atoms with E-state index in [0.717, 1.165) is 5.57 Å². The maximum absolute atomic E-state index is 3.44. The molecule has 7 heavy (non-hydrogen) atoms. The first kappa shape index (κ1) is 25.3. The van der Waals surface area contributed by atoms with Crippen LogP contribution in [0.1, 0.15) is 6.92 Å². The molecule has 0 fully saturated rings. The van der Waals surface area contributed by atoms with Gasteiger partial charge in [-0.25, -0.2) is 19.1 Å². The van der Waals surface area contributed by atoms with Crippen molar-refractivity contribution in [3.05, 3.63) is 19.1 Å². The topological polar surface area (TPSA) is 0 Å². The predicted molar refractivity (Wildman–Crippen MR) is 20.2 cm³/mol. The Labute approximate surface area is 67.5 Å². The van der Waals surface area contributed by atoms with Crippen LogP contribution in [-0.2, 0) is 16.5 Å². The Balaban J connectivity index is -0.0000000150. The molecule has 0 spiro atoms. The van der Waals surface area contributed by atoms with E-state index < -0.39 is 0 Å². The minimum Gasteiger partial charge on any atom is -1.00 e. The van der Waals surface area contributed by atoms with E-state index in [1.807, 2.05) is 6.92 Å². The van der Waals surface area contributed by atoms with Crippen molar-refractivity contribution in [3.63, 3.8) is 0 Å². The van der Waals surface area contributed by atoms with Crippen molar-refractivity contribution >= 4 is 0 Å². The number of halogens is 2. The molecule has 0 atom stereocenters. The van der Waals surface area contributed by atoms with Gasteiger partial charge in [-0.1, -0.05) is 6.92 Å². The Morgan fingerprint density at radius 3 is 1.43 bits per heavy atom. The molecule has 0 aliphatic heterocycles. The molecular formula is C4H7Cl2Ni. The van der Waals surface area contributed by atoms with Crippen molar-refractivity contribution in [1.29, 1.82) is 0 Å². The third kappa shape index (κ3) is 314. The molecule has 0 aromatic heterocycles. The second-order valence-electron chi connectivity index (χ2n) is 0.957. The summed E-state index contributed by atoms with van der Waals surface area (Å²) in [6.45, 7) is 8.75. The van der Waals surface area contributed by atoms with Gasteiger partial charge in [-0.3, -0.25) is 0 Å². The fourth-order valence-corrected chi connectivity index (χ4v) is 0. The van der Waals surface area contributed by atoms with Crippen molar-refractivity contribution in [2.45, 2.75) is 6.92 Å². The Kier molecular flexibility index (Phi) is 57.5. The van der Waals surface area contributed by atoms with Crippen molar-refractivity contribution in [2.75, 3.05) is 0 Å². The largest absolute Gasteiger partial charge is 3.00 e. The predicted octanol–water partition coefficient (Wildman–Crippen LogP) is -4.60. The van der Waals surface area contributed by atoms with E-state index in [-0.39, 0.29) is 41.3 Å². The maximum Gasteiger partial charge on any atom is 3.00 e. The number of rotatable bonds is 0. The summed E-state index contributed by atoms with van der Waals surface area (Å²) < 4.78 is 0. The van der Waals surface area contributed by atoms with Gasteiger partial charge < -0.3 is 24.8 Å². The molecule has 0 aromatic carbocycles. The van der Waals surface area contributed by atoms with E-state index in [1.165, 1.54) is 0 Å². The summed E-state index contributed by atoms with van der Waals surface area (Å²) in [7, 11) is 0. The summed E-state index contributed by atoms with van der Waals surface area (Å²) in [5.41, 5.74) is 0.917. The molecule has 0 aromatic rings. The summed E-state index contributed by atoms with van der Waals surface area (Å²) in [4.78, 5) is 0. The molecule has 1 radical (unpaired) electrons. The van der Waals surface area contributed by atoms with Crippen molar-refractivity contribution in [3.8, 4) is 0 Å². The molecule has 0 aliphatic rings. The molecular weight excluding hydrogens is 178 g/mol. The number of hydrogen-bond donors (Lipinski definition) is 0. The van der Waals surface area contributed by atoms with Gasteiger partial charge in [0.1, 0.15) is 0 Å². The fourth-order valence-electron chi connectivity index (χ4n) is 0. The van der Waals surface area contributed by atoms with Crippen molar-refractivity contribution in [1.82, 2.24) is 0 Å². The van der Waals surface area contributed by atoms with E-state index in [4.69, 9.17) is 0 Å². The standard InChI is InChI=1S/C4H7.2ClH.Ni/c1-4(2)3;;;/h1-2H2,3H3;2*1H;/q-1;;;+3/p-2. The average Bonchev–Trinajstić information content (AvgIpc) is 0.811. The van der Waals surface area contributed by atoms with Crippen LogP contribution < -0.4 is 24.8 Å². The molecule has 0 amide bonds. The Hall–Kier alpha value is 0.684. The molecule has 0 rings (SSSR count). The monoisotopic (exact) mass is 183 g/mol. The molecule has 0 saturated carbocycles. The summed E-state index contributed by atoms with van der Waals surface area (Å²) in [6.07, 6.45) is 0. The number of hydrogen-bond acceptors (Lipinski definition) is 0. The van der Waals surface area contributed by atoms with E-state index in [0.29, 0.717) is 0 Å². The van der Waals surface area contributed by atoms with Crippen LogP contribution in [0.25, 0.3) is 0 Å². The van der Waals surface area contributed by atoms with Crippen LogP contribution in [0.15, 0.2) is 12.2 Å². The van der Waals surface area contributed by atoms with Crippen LogP contribution in [0, 0.1) is 6.92 Å². The van der Waals surface area contributed by atoms with Crippen molar-refractivity contribution in [2.24, 2.45) is 0 Å². The van der Waals surface area contributed by atoms with Crippen LogP contribution >= 0.6 is 0 Å². The van der Waals surface area contributed by atoms with Gasteiger partial charge in [-0.05, 0) is 0 Å². The Morgan fingerprint density at radius 1 is 1.43 bits per heavy atom. The normalized spacial score (nSPS) is 3.57. The summed E-state index contributed by atoms with van der Waals surface area (Å²) in [6, 6.07) is 0. The molecule has 3 heteroatoms. The molecule has 0 bridgehead atoms. The fraction of sp³-hybridized carbons (Fsp3) is 0.250. The van der Waals surface area contributed by atoms with Gasteiger partial charge >= 0.3 is 16.5 Å². The molecule has 0 N–H and O–H groups in total. The zero-order chi connectivity index (χ0) is 3.58. The second kappa shape index (κ2) is 15.9. The van der Waals surface area contributed by atoms with Gasteiger partial charge in [0.05, 0.1) is 0 Å². The molecule has 47 valence electrons. The van der Waals surface area contributed by atoms with Crippen LogP contribution in [-0.4, -0.2) is 0 Å². The minimum absolute atomic E-state index is 0. The van der Waals surface area contributed by atoms with Gasteiger partial charge in [0.25, 0.3) is 0 Å². The third-order valence-electron chi connectivity index (χ3n) is 0. The quantitative estimate of drug-likeness (QED) is 0.263. The first-order chi connectivity index (χ1) is 1.73. The molecule has 0 saturated heterocycles. The average molecular weight is 185 g/mol. The zero-order valence-corrected chi connectivity index (χ0v) is 6.49. The van der Waals surface area contributed by atoms with E-state index in [9.17, 15) is 0 Å². The van der Waals surface area contributed by atoms with Crippen LogP contribution in [0.5, 0.6) is 0 Å². The van der Waals surface area contributed by atoms with E-state index in [2.05, 4.69) is 13.5 Å². The maximum atomic E-state index is 3.44. The van der Waals surface area contributed by atoms with Crippen molar-refractivity contribution < 1.29 is 41.3 Å². The Morgan fingerprint density at radius 2 is 1.43 bits per heavy atom.